The molecule has 2 aliphatic heterocycles. The molecule has 1 fully saturated rings. The molecule has 0 unspecified atom stereocenters. The Hall–Kier alpha value is -2.17. The molecule has 0 spiro atoms. The summed E-state index contributed by atoms with van der Waals surface area (Å²) in [5, 5.41) is 19.6. The normalized spacial score (nSPS) is 20.6. The molecule has 0 radical (unpaired) electrons. The van der Waals surface area contributed by atoms with Gasteiger partial charge in [0.15, 0.2) is 0 Å². The van der Waals surface area contributed by atoms with E-state index in [1.807, 2.05) is 6.07 Å². The van der Waals surface area contributed by atoms with Crippen LogP contribution in [0, 0.1) is 0 Å². The number of hydrogen-bond acceptors (Lipinski definition) is 5. The Bertz CT molecular complexity index is 759. The van der Waals surface area contributed by atoms with Gasteiger partial charge in [-0.05, 0) is 25.3 Å². The Morgan fingerprint density at radius 3 is 2.41 bits per heavy atom. The zero-order valence-corrected chi connectivity index (χ0v) is 17.2. The van der Waals surface area contributed by atoms with Crippen LogP contribution in [0.5, 0.6) is 0 Å². The first-order valence-corrected chi connectivity index (χ1v) is 8.88. The highest BCUT2D eigenvalue weighted by Crippen LogP contribution is 2.38. The Labute approximate surface area is 179 Å². The maximum atomic E-state index is 12.3. The van der Waals surface area contributed by atoms with Gasteiger partial charge >= 0.3 is 5.97 Å². The van der Waals surface area contributed by atoms with Gasteiger partial charge in [-0.15, -0.1) is 12.4 Å². The molecule has 0 aliphatic carbocycles. The summed E-state index contributed by atoms with van der Waals surface area (Å²) in [6, 6.07) is 6.74. The number of aliphatic carboxylic acids is 1. The standard InChI is InChI=1S/C16H16ClN3O4.C2H6O.ClH.H2O/c17-9-6-7-10-12(15(22)20(10)13(9)16(23)24)19-14(21)11(18)8-4-2-1-3-5-8;1-2-3;;/h1-5,10-12H,6-7,18H2,(H,19,21)(H,23,24);3H,2H2,1H3;1H;1H2/t10-,11-,12+;;;/m1.../s1. The van der Waals surface area contributed by atoms with Gasteiger partial charge < -0.3 is 26.7 Å². The van der Waals surface area contributed by atoms with E-state index >= 15 is 0 Å². The third-order valence-corrected chi connectivity index (χ3v) is 4.69. The van der Waals surface area contributed by atoms with Crippen LogP contribution in [-0.2, 0) is 14.4 Å². The lowest BCUT2D eigenvalue weighted by Gasteiger charge is -2.49. The van der Waals surface area contributed by atoms with Crippen LogP contribution in [0.1, 0.15) is 31.4 Å². The average molecular weight is 450 g/mol. The molecule has 2 heterocycles. The van der Waals surface area contributed by atoms with Crippen molar-refractivity contribution in [3.05, 3.63) is 46.6 Å². The monoisotopic (exact) mass is 449 g/mol. The summed E-state index contributed by atoms with van der Waals surface area (Å²) in [5.74, 6) is -2.20. The summed E-state index contributed by atoms with van der Waals surface area (Å²) in [5.41, 5.74) is 6.35. The number of fused-ring (bicyclic) bond motifs is 1. The number of halogens is 2. The molecule has 2 aliphatic rings. The number of carbonyl (C=O) groups is 3. The highest BCUT2D eigenvalue weighted by molar-refractivity contribution is 6.32. The van der Waals surface area contributed by atoms with Crippen molar-refractivity contribution in [2.24, 2.45) is 5.73 Å². The first-order chi connectivity index (χ1) is 12.8. The van der Waals surface area contributed by atoms with Crippen LogP contribution in [0.4, 0.5) is 0 Å². The number of nitrogens with one attached hydrogen (secondary N) is 1. The molecule has 1 aromatic rings. The van der Waals surface area contributed by atoms with Crippen molar-refractivity contribution in [3.8, 4) is 0 Å². The van der Waals surface area contributed by atoms with Crippen LogP contribution >= 0.6 is 24.0 Å². The second kappa shape index (κ2) is 11.7. The van der Waals surface area contributed by atoms with E-state index < -0.39 is 35.9 Å². The van der Waals surface area contributed by atoms with Gasteiger partial charge in [0.25, 0.3) is 5.91 Å². The van der Waals surface area contributed by atoms with E-state index in [9.17, 15) is 19.5 Å². The van der Waals surface area contributed by atoms with Gasteiger partial charge in [0.1, 0.15) is 17.8 Å². The van der Waals surface area contributed by atoms with E-state index in [2.05, 4.69) is 5.32 Å². The topological polar surface area (TPSA) is 164 Å². The summed E-state index contributed by atoms with van der Waals surface area (Å²) >= 11 is 5.92. The van der Waals surface area contributed by atoms with Gasteiger partial charge in [0, 0.05) is 11.6 Å². The highest BCUT2D eigenvalue weighted by Gasteiger charge is 2.53. The van der Waals surface area contributed by atoms with Crippen molar-refractivity contribution in [3.63, 3.8) is 0 Å². The van der Waals surface area contributed by atoms with Gasteiger partial charge in [0.05, 0.1) is 6.04 Å². The number of aliphatic hydroxyl groups excluding tert-OH is 1. The van der Waals surface area contributed by atoms with Crippen molar-refractivity contribution >= 4 is 41.8 Å². The summed E-state index contributed by atoms with van der Waals surface area (Å²) in [4.78, 5) is 37.0. The molecule has 29 heavy (non-hydrogen) atoms. The molecule has 0 saturated carbocycles. The van der Waals surface area contributed by atoms with Crippen LogP contribution < -0.4 is 11.1 Å². The van der Waals surface area contributed by atoms with E-state index in [-0.39, 0.29) is 35.2 Å². The molecule has 1 saturated heterocycles. The van der Waals surface area contributed by atoms with E-state index in [1.54, 1.807) is 31.2 Å². The van der Waals surface area contributed by atoms with Crippen LogP contribution in [0.15, 0.2) is 41.1 Å². The van der Waals surface area contributed by atoms with Crippen molar-refractivity contribution in [1.29, 1.82) is 0 Å². The first-order valence-electron chi connectivity index (χ1n) is 8.50. The maximum absolute atomic E-state index is 12.3. The molecule has 0 aromatic heterocycles. The molecule has 162 valence electrons. The van der Waals surface area contributed by atoms with Gasteiger partial charge in [-0.3, -0.25) is 14.5 Å². The van der Waals surface area contributed by atoms with E-state index in [0.717, 1.165) is 4.90 Å². The predicted octanol–water partition coefficient (Wildman–Crippen LogP) is 0.306. The Morgan fingerprint density at radius 1 is 1.34 bits per heavy atom. The number of carboxylic acids is 1. The molecule has 7 N–H and O–H groups in total. The van der Waals surface area contributed by atoms with Crippen molar-refractivity contribution in [2.45, 2.75) is 37.9 Å². The number of aliphatic hydroxyl groups is 1. The second-order valence-corrected chi connectivity index (χ2v) is 6.52. The number of nitrogens with two attached hydrogens (primary N) is 1. The lowest BCUT2D eigenvalue weighted by Crippen LogP contribution is -2.72. The zero-order valence-electron chi connectivity index (χ0n) is 15.7. The molecule has 1 aromatic carbocycles. The molecule has 11 heteroatoms. The lowest BCUT2D eigenvalue weighted by molar-refractivity contribution is -0.156. The summed E-state index contributed by atoms with van der Waals surface area (Å²) in [6.45, 7) is 1.93. The van der Waals surface area contributed by atoms with Crippen LogP contribution in [0.25, 0.3) is 0 Å². The number of allylic oxidation sites excluding steroid dienone is 1. The van der Waals surface area contributed by atoms with Crippen LogP contribution in [0.3, 0.4) is 0 Å². The first kappa shape index (κ1) is 26.8. The minimum Gasteiger partial charge on any atom is -0.477 e. The van der Waals surface area contributed by atoms with Crippen molar-refractivity contribution in [2.75, 3.05) is 6.61 Å². The quantitative estimate of drug-likeness (QED) is 0.482. The van der Waals surface area contributed by atoms with Crippen LogP contribution in [0.2, 0.25) is 0 Å². The van der Waals surface area contributed by atoms with Gasteiger partial charge in [-0.2, -0.15) is 0 Å². The van der Waals surface area contributed by atoms with E-state index in [0.29, 0.717) is 18.4 Å². The average Bonchev–Trinajstić information content (AvgIpc) is 2.66. The fourth-order valence-corrected chi connectivity index (χ4v) is 3.35. The third-order valence-electron chi connectivity index (χ3n) is 4.32. The number of nitrogens with zero attached hydrogens (tertiary/aromatic N) is 1. The Morgan fingerprint density at radius 2 is 1.90 bits per heavy atom. The number of rotatable bonds is 4. The van der Waals surface area contributed by atoms with Crippen LogP contribution in [-0.4, -0.2) is 57.1 Å². The molecule has 3 atom stereocenters. The number of β-lactam (4-membered cyclic amide) rings is 1. The fourth-order valence-electron chi connectivity index (χ4n) is 3.07. The van der Waals surface area contributed by atoms with E-state index in [1.165, 1.54) is 0 Å². The smallest absolute Gasteiger partial charge is 0.353 e. The number of carbonyl (C=O) groups excluding carboxylic acids is 2. The number of carboxylic acid groups (broad SMARTS) is 1. The van der Waals surface area contributed by atoms with Gasteiger partial charge in [0.2, 0.25) is 5.91 Å². The SMILES string of the molecule is CCO.Cl.N[C@@H](C(=O)N[C@@H]1C(=O)N2C(C(=O)O)=C(Cl)CC[C@H]12)c1ccccc1.O. The summed E-state index contributed by atoms with van der Waals surface area (Å²) in [7, 11) is 0. The van der Waals surface area contributed by atoms with Gasteiger partial charge in [-0.25, -0.2) is 4.79 Å². The fraction of sp³-hybridized carbons (Fsp3) is 0.389. The number of hydrogen-bond donors (Lipinski definition) is 4. The molecule has 2 amide bonds. The number of amides is 2. The van der Waals surface area contributed by atoms with Gasteiger partial charge in [-0.1, -0.05) is 41.9 Å². The second-order valence-electron chi connectivity index (χ2n) is 6.06. The molecular formula is C18H25Cl2N3O6. The zero-order chi connectivity index (χ0) is 20.1. The highest BCUT2D eigenvalue weighted by atomic mass is 35.5. The number of benzene rings is 1. The molecule has 9 nitrogen and oxygen atoms in total. The lowest BCUT2D eigenvalue weighted by atomic mass is 9.86. The van der Waals surface area contributed by atoms with Crippen molar-refractivity contribution in [1.82, 2.24) is 10.2 Å². The summed E-state index contributed by atoms with van der Waals surface area (Å²) in [6.07, 6.45) is 0.849. The molecule has 3 rings (SSSR count). The summed E-state index contributed by atoms with van der Waals surface area (Å²) < 4.78 is 0. The van der Waals surface area contributed by atoms with E-state index in [4.69, 9.17) is 22.4 Å². The predicted molar refractivity (Wildman–Crippen MR) is 109 cm³/mol. The Balaban J connectivity index is 0.00000148. The molecular weight excluding hydrogens is 425 g/mol. The largest absolute Gasteiger partial charge is 0.477 e. The third kappa shape index (κ3) is 5.68. The minimum absolute atomic E-state index is 0. The maximum Gasteiger partial charge on any atom is 0.353 e. The molecule has 0 bridgehead atoms. The van der Waals surface area contributed by atoms with Crippen molar-refractivity contribution < 1.29 is 30.1 Å². The minimum atomic E-state index is -1.25. The Kier molecular flexibility index (Phi) is 10.9.